The second kappa shape index (κ2) is 10.8. The monoisotopic (exact) mass is 618 g/mol. The molecule has 2 atom stereocenters. The van der Waals surface area contributed by atoms with Gasteiger partial charge in [0.05, 0.1) is 16.3 Å². The fourth-order valence-corrected chi connectivity index (χ4v) is 7.25. The van der Waals surface area contributed by atoms with E-state index in [0.29, 0.717) is 32.1 Å². The summed E-state index contributed by atoms with van der Waals surface area (Å²) in [5.41, 5.74) is 6.04. The summed E-state index contributed by atoms with van der Waals surface area (Å²) in [5, 5.41) is 10.4. The first-order valence-corrected chi connectivity index (χ1v) is 15.1. The minimum atomic E-state index is -0.792. The van der Waals surface area contributed by atoms with Gasteiger partial charge in [0.1, 0.15) is 52.5 Å². The Morgan fingerprint density at radius 3 is 2.86 bits per heavy atom. The Kier molecular flexibility index (Phi) is 6.94. The Morgan fingerprint density at radius 1 is 1.27 bits per heavy atom. The Balaban J connectivity index is 1.41. The number of nitriles is 1. The summed E-state index contributed by atoms with van der Waals surface area (Å²) in [6, 6.07) is 4.45. The molecule has 0 aliphatic carbocycles. The zero-order chi connectivity index (χ0) is 30.7. The van der Waals surface area contributed by atoms with Crippen LogP contribution in [0.25, 0.3) is 32.2 Å². The number of pyridine rings is 1. The lowest BCUT2D eigenvalue weighted by molar-refractivity contribution is -0.126. The molecule has 0 spiro atoms. The van der Waals surface area contributed by atoms with Crippen LogP contribution in [0.5, 0.6) is 11.9 Å². The number of halogens is 2. The van der Waals surface area contributed by atoms with Crippen LogP contribution in [0.1, 0.15) is 18.4 Å². The second-order valence-electron chi connectivity index (χ2n) is 11.1. The van der Waals surface area contributed by atoms with E-state index >= 15 is 4.39 Å². The number of likely N-dealkylation sites (N-methyl/N-ethyl adjacent to an activating group) is 1. The highest BCUT2D eigenvalue weighted by molar-refractivity contribution is 7.23. The maximum Gasteiger partial charge on any atom is 0.319 e. The molecule has 2 N–H and O–H groups in total. The van der Waals surface area contributed by atoms with E-state index in [1.165, 1.54) is 18.2 Å². The van der Waals surface area contributed by atoms with Gasteiger partial charge in [-0.25, -0.2) is 13.8 Å². The normalized spacial score (nSPS) is 19.9. The van der Waals surface area contributed by atoms with Crippen LogP contribution in [0, 0.1) is 23.0 Å². The lowest BCUT2D eigenvalue weighted by Crippen LogP contribution is -2.56. The Labute approximate surface area is 255 Å². The van der Waals surface area contributed by atoms with Gasteiger partial charge in [0, 0.05) is 36.6 Å². The molecule has 2 fully saturated rings. The van der Waals surface area contributed by atoms with Crippen molar-refractivity contribution in [3.63, 3.8) is 0 Å². The van der Waals surface area contributed by atoms with Crippen LogP contribution in [0.3, 0.4) is 0 Å². The molecule has 226 valence electrons. The molecule has 44 heavy (non-hydrogen) atoms. The van der Waals surface area contributed by atoms with Gasteiger partial charge in [-0.3, -0.25) is 4.79 Å². The average Bonchev–Trinajstić information content (AvgIpc) is 3.56. The van der Waals surface area contributed by atoms with Crippen molar-refractivity contribution in [2.45, 2.75) is 24.9 Å². The number of ether oxygens (including phenoxy) is 2. The van der Waals surface area contributed by atoms with Crippen LogP contribution in [-0.4, -0.2) is 89.2 Å². The maximum absolute atomic E-state index is 16.7. The summed E-state index contributed by atoms with van der Waals surface area (Å²) < 4.78 is 44.0. The summed E-state index contributed by atoms with van der Waals surface area (Å²) in [5.74, 6) is -1.08. The van der Waals surface area contributed by atoms with Gasteiger partial charge in [-0.05, 0) is 44.6 Å². The molecular weight excluding hydrogens is 590 g/mol. The highest BCUT2D eigenvalue weighted by Crippen LogP contribution is 2.45. The van der Waals surface area contributed by atoms with Gasteiger partial charge in [-0.1, -0.05) is 6.58 Å². The van der Waals surface area contributed by atoms with E-state index in [-0.39, 0.29) is 79.3 Å². The van der Waals surface area contributed by atoms with Crippen molar-refractivity contribution < 1.29 is 23.0 Å². The standard InChI is InChI=1S/C30H28F2N8O3S/c1-3-20(41)39-9-10-40-16(12-39)14-42-29-22-25(36-30(37-28(22)40)43-13-15-5-4-8-38(15)2)23(32)24(35-29)17-6-7-19(31)26-21(17)18(11-33)27(34)44-26/h3,6-7,15-16H,1,4-5,8-10,12-14,34H2,2H3/t15-,16+/m0/s1. The van der Waals surface area contributed by atoms with Gasteiger partial charge in [-0.2, -0.15) is 15.2 Å². The highest BCUT2D eigenvalue weighted by atomic mass is 32.1. The second-order valence-corrected chi connectivity index (χ2v) is 12.2. The lowest BCUT2D eigenvalue weighted by atomic mass is 10.0. The number of fused-ring (bicyclic) bond motifs is 3. The van der Waals surface area contributed by atoms with Crippen molar-refractivity contribution in [2.24, 2.45) is 0 Å². The minimum Gasteiger partial charge on any atom is -0.475 e. The van der Waals surface area contributed by atoms with Crippen molar-refractivity contribution in [3.05, 3.63) is 42.0 Å². The van der Waals surface area contributed by atoms with Crippen LogP contribution in [-0.2, 0) is 4.79 Å². The molecule has 7 rings (SSSR count). The number of anilines is 2. The van der Waals surface area contributed by atoms with E-state index in [0.717, 1.165) is 30.7 Å². The minimum absolute atomic E-state index is 0.00166. The van der Waals surface area contributed by atoms with Gasteiger partial charge >= 0.3 is 6.01 Å². The van der Waals surface area contributed by atoms with E-state index in [2.05, 4.69) is 21.4 Å². The van der Waals surface area contributed by atoms with Gasteiger partial charge in [0.25, 0.3) is 0 Å². The number of nitrogen functional groups attached to an aromatic ring is 1. The number of nitrogens with two attached hydrogens (primary N) is 1. The number of hydrogen-bond acceptors (Lipinski definition) is 11. The molecule has 2 saturated heterocycles. The fraction of sp³-hybridized carbons (Fsp3) is 0.367. The number of benzene rings is 1. The largest absolute Gasteiger partial charge is 0.475 e. The summed E-state index contributed by atoms with van der Waals surface area (Å²) in [4.78, 5) is 32.1. The van der Waals surface area contributed by atoms with Gasteiger partial charge < -0.3 is 29.9 Å². The third kappa shape index (κ3) is 4.46. The van der Waals surface area contributed by atoms with Crippen LogP contribution in [0.4, 0.5) is 19.6 Å². The number of hydrogen-bond donors (Lipinski definition) is 1. The van der Waals surface area contributed by atoms with Crippen LogP contribution in [0.15, 0.2) is 24.8 Å². The molecule has 0 bridgehead atoms. The van der Waals surface area contributed by atoms with E-state index in [9.17, 15) is 14.4 Å². The molecule has 1 amide bonds. The van der Waals surface area contributed by atoms with Gasteiger partial charge in [-0.15, -0.1) is 11.3 Å². The van der Waals surface area contributed by atoms with E-state index in [1.54, 1.807) is 4.90 Å². The van der Waals surface area contributed by atoms with Gasteiger partial charge in [0.2, 0.25) is 11.8 Å². The molecule has 0 radical (unpaired) electrons. The van der Waals surface area contributed by atoms with E-state index in [4.69, 9.17) is 20.2 Å². The van der Waals surface area contributed by atoms with Crippen LogP contribution < -0.4 is 20.1 Å². The first kappa shape index (κ1) is 28.2. The summed E-state index contributed by atoms with van der Waals surface area (Å²) in [6.45, 7) is 6.16. The summed E-state index contributed by atoms with van der Waals surface area (Å²) in [6.07, 6.45) is 3.29. The van der Waals surface area contributed by atoms with Crippen molar-refractivity contribution in [1.82, 2.24) is 24.8 Å². The topological polar surface area (TPSA) is 134 Å². The Bertz CT molecular complexity index is 1890. The third-order valence-corrected chi connectivity index (χ3v) is 9.65. The quantitative estimate of drug-likeness (QED) is 0.330. The summed E-state index contributed by atoms with van der Waals surface area (Å²) in [7, 11) is 2.03. The lowest BCUT2D eigenvalue weighted by Gasteiger charge is -2.40. The molecular formula is C30H28F2N8O3S. The maximum atomic E-state index is 16.7. The number of aromatic nitrogens is 3. The van der Waals surface area contributed by atoms with Crippen molar-refractivity contribution in [1.29, 1.82) is 5.26 Å². The third-order valence-electron chi connectivity index (χ3n) is 8.63. The fourth-order valence-electron chi connectivity index (χ4n) is 6.30. The molecule has 6 heterocycles. The average molecular weight is 619 g/mol. The molecule has 0 unspecified atom stereocenters. The van der Waals surface area contributed by atoms with Crippen LogP contribution in [0.2, 0.25) is 0 Å². The molecule has 3 aliphatic heterocycles. The number of nitrogens with zero attached hydrogens (tertiary/aromatic N) is 7. The number of piperazine rings is 1. The first-order valence-electron chi connectivity index (χ1n) is 14.2. The number of rotatable bonds is 5. The molecule has 11 nitrogen and oxygen atoms in total. The van der Waals surface area contributed by atoms with Crippen LogP contribution >= 0.6 is 11.3 Å². The number of carbonyl (C=O) groups excluding carboxylic acids is 1. The Morgan fingerprint density at radius 2 is 2.11 bits per heavy atom. The zero-order valence-electron chi connectivity index (χ0n) is 23.8. The highest BCUT2D eigenvalue weighted by Gasteiger charge is 2.37. The van der Waals surface area contributed by atoms with Crippen molar-refractivity contribution in [3.8, 4) is 29.2 Å². The first-order chi connectivity index (χ1) is 21.3. The van der Waals surface area contributed by atoms with Crippen molar-refractivity contribution >= 4 is 49.1 Å². The molecule has 4 aromatic rings. The smallest absolute Gasteiger partial charge is 0.319 e. The number of carbonyl (C=O) groups is 1. The number of amides is 1. The van der Waals surface area contributed by atoms with Crippen molar-refractivity contribution in [2.75, 3.05) is 57.1 Å². The predicted molar refractivity (Wildman–Crippen MR) is 162 cm³/mol. The number of likely N-dealkylation sites (tertiary alicyclic amines) is 1. The molecule has 14 heteroatoms. The van der Waals surface area contributed by atoms with Gasteiger partial charge in [0.15, 0.2) is 5.82 Å². The van der Waals surface area contributed by atoms with E-state index < -0.39 is 11.6 Å². The predicted octanol–water partition coefficient (Wildman–Crippen LogP) is 3.71. The number of thiophene rings is 1. The molecule has 1 aromatic carbocycles. The summed E-state index contributed by atoms with van der Waals surface area (Å²) >= 11 is 0.917. The SMILES string of the molecule is C=CC(=O)N1CCN2c3nc(OC[C@@H]4CCCN4C)nc4c(F)c(-c5ccc(F)c6sc(N)c(C#N)c56)nc(c34)OC[C@H]2C1. The molecule has 3 aliphatic rings. The van der Waals surface area contributed by atoms with E-state index in [1.807, 2.05) is 18.0 Å². The molecule has 0 saturated carbocycles. The Hall–Kier alpha value is -4.61. The zero-order valence-corrected chi connectivity index (χ0v) is 24.7. The molecule has 3 aromatic heterocycles.